The first-order valence-corrected chi connectivity index (χ1v) is 6.93. The van der Waals surface area contributed by atoms with Crippen molar-refractivity contribution in [3.05, 3.63) is 59.9 Å². The molecule has 0 aliphatic heterocycles. The Morgan fingerprint density at radius 3 is 2.48 bits per heavy atom. The van der Waals surface area contributed by atoms with Crippen LogP contribution in [0.4, 0.5) is 10.1 Å². The topological polar surface area (TPSA) is 29.5 Å². The Morgan fingerprint density at radius 2 is 1.86 bits per heavy atom. The highest BCUT2D eigenvalue weighted by molar-refractivity contribution is 6.29. The Balaban J connectivity index is 2.34. The molecule has 2 aromatic carbocycles. The molecule has 0 N–H and O–H groups in total. The Kier molecular flexibility index (Phi) is 5.17. The van der Waals surface area contributed by atoms with E-state index in [1.54, 1.807) is 31.4 Å². The lowest BCUT2D eigenvalue weighted by molar-refractivity contribution is -0.116. The quantitative estimate of drug-likeness (QED) is 0.790. The van der Waals surface area contributed by atoms with Gasteiger partial charge in [-0.2, -0.15) is 0 Å². The minimum atomic E-state index is -0.314. The van der Waals surface area contributed by atoms with Gasteiger partial charge in [0.25, 0.3) is 0 Å². The van der Waals surface area contributed by atoms with Gasteiger partial charge in [0, 0.05) is 0 Å². The van der Waals surface area contributed by atoms with Gasteiger partial charge in [-0.05, 0) is 29.8 Å². The van der Waals surface area contributed by atoms with Gasteiger partial charge in [-0.3, -0.25) is 4.79 Å². The predicted molar refractivity (Wildman–Crippen MR) is 81.3 cm³/mol. The molecule has 0 aromatic heterocycles. The number of nitrogens with zero attached hydrogens (tertiary/aromatic N) is 1. The van der Waals surface area contributed by atoms with Gasteiger partial charge in [0.15, 0.2) is 0 Å². The van der Waals surface area contributed by atoms with Gasteiger partial charge in [-0.1, -0.05) is 24.3 Å². The first-order valence-electron chi connectivity index (χ1n) is 6.39. The Labute approximate surface area is 127 Å². The van der Waals surface area contributed by atoms with E-state index in [-0.39, 0.29) is 17.6 Å². The summed E-state index contributed by atoms with van der Waals surface area (Å²) in [6.45, 7) is 0.298. The standard InChI is InChI=1S/C16H15ClFNO2/c1-21-15-5-3-2-4-14(15)19(16(20)10-17)11-12-6-8-13(18)9-7-12/h2-9H,10-11H2,1H3. The predicted octanol–water partition coefficient (Wildman–Crippen LogP) is 3.61. The number of carbonyl (C=O) groups excluding carboxylic acids is 1. The van der Waals surface area contributed by atoms with Gasteiger partial charge < -0.3 is 9.64 Å². The van der Waals surface area contributed by atoms with Crippen molar-refractivity contribution in [1.82, 2.24) is 0 Å². The van der Waals surface area contributed by atoms with Gasteiger partial charge in [-0.15, -0.1) is 11.6 Å². The maximum Gasteiger partial charge on any atom is 0.242 e. The van der Waals surface area contributed by atoms with Crippen molar-refractivity contribution < 1.29 is 13.9 Å². The molecule has 1 amide bonds. The fraction of sp³-hybridized carbons (Fsp3) is 0.188. The molecule has 0 fully saturated rings. The zero-order valence-corrected chi connectivity index (χ0v) is 12.3. The van der Waals surface area contributed by atoms with Gasteiger partial charge in [0.2, 0.25) is 5.91 Å². The van der Waals surface area contributed by atoms with Crippen LogP contribution in [0.15, 0.2) is 48.5 Å². The minimum absolute atomic E-state index is 0.140. The number of methoxy groups -OCH3 is 1. The Bertz CT molecular complexity index is 616. The normalized spacial score (nSPS) is 10.2. The summed E-state index contributed by atoms with van der Waals surface area (Å²) < 4.78 is 18.2. The highest BCUT2D eigenvalue weighted by atomic mass is 35.5. The largest absolute Gasteiger partial charge is 0.495 e. The molecule has 21 heavy (non-hydrogen) atoms. The van der Waals surface area contributed by atoms with Crippen LogP contribution in [0.5, 0.6) is 5.75 Å². The summed E-state index contributed by atoms with van der Waals surface area (Å²) in [5, 5.41) is 0. The number of alkyl halides is 1. The number of carbonyl (C=O) groups is 1. The molecule has 3 nitrogen and oxygen atoms in total. The van der Waals surface area contributed by atoms with Gasteiger partial charge in [-0.25, -0.2) is 4.39 Å². The van der Waals surface area contributed by atoms with E-state index in [2.05, 4.69) is 0 Å². The molecule has 0 atom stereocenters. The minimum Gasteiger partial charge on any atom is -0.495 e. The lowest BCUT2D eigenvalue weighted by Gasteiger charge is -2.24. The van der Waals surface area contributed by atoms with Crippen LogP contribution in [0.1, 0.15) is 5.56 Å². The number of ether oxygens (including phenoxy) is 1. The molecule has 0 saturated heterocycles. The summed E-state index contributed by atoms with van der Waals surface area (Å²) in [6.07, 6.45) is 0. The second kappa shape index (κ2) is 7.09. The number of halogens is 2. The molecular formula is C16H15ClFNO2. The van der Waals surface area contributed by atoms with Crippen molar-refractivity contribution in [2.24, 2.45) is 0 Å². The van der Waals surface area contributed by atoms with E-state index in [1.165, 1.54) is 17.0 Å². The van der Waals surface area contributed by atoms with E-state index in [0.29, 0.717) is 18.0 Å². The number of amides is 1. The third kappa shape index (κ3) is 3.73. The van der Waals surface area contributed by atoms with E-state index in [1.807, 2.05) is 12.1 Å². The second-order valence-corrected chi connectivity index (χ2v) is 4.68. The molecule has 0 bridgehead atoms. The summed E-state index contributed by atoms with van der Waals surface area (Å²) in [4.78, 5) is 13.6. The lowest BCUT2D eigenvalue weighted by Crippen LogP contribution is -2.31. The monoisotopic (exact) mass is 307 g/mol. The van der Waals surface area contributed by atoms with Gasteiger partial charge in [0.05, 0.1) is 19.3 Å². The number of hydrogen-bond acceptors (Lipinski definition) is 2. The molecule has 0 heterocycles. The third-order valence-corrected chi connectivity index (χ3v) is 3.27. The zero-order chi connectivity index (χ0) is 15.2. The number of rotatable bonds is 5. The van der Waals surface area contributed by atoms with Crippen LogP contribution in [0, 0.1) is 5.82 Å². The molecule has 0 aliphatic carbocycles. The molecule has 0 saturated carbocycles. The van der Waals surface area contributed by atoms with E-state index >= 15 is 0 Å². The van der Waals surface area contributed by atoms with Crippen molar-refractivity contribution in [3.63, 3.8) is 0 Å². The highest BCUT2D eigenvalue weighted by Gasteiger charge is 2.18. The third-order valence-electron chi connectivity index (χ3n) is 3.05. The number of hydrogen-bond donors (Lipinski definition) is 0. The number of benzene rings is 2. The van der Waals surface area contributed by atoms with E-state index in [0.717, 1.165) is 5.56 Å². The van der Waals surface area contributed by atoms with E-state index in [4.69, 9.17) is 16.3 Å². The van der Waals surface area contributed by atoms with Gasteiger partial charge >= 0.3 is 0 Å². The molecule has 110 valence electrons. The molecular weight excluding hydrogens is 293 g/mol. The maximum absolute atomic E-state index is 13.0. The highest BCUT2D eigenvalue weighted by Crippen LogP contribution is 2.29. The average Bonchev–Trinajstić information content (AvgIpc) is 2.53. The maximum atomic E-state index is 13.0. The molecule has 0 aliphatic rings. The molecule has 0 radical (unpaired) electrons. The average molecular weight is 308 g/mol. The van der Waals surface area contributed by atoms with Crippen molar-refractivity contribution in [3.8, 4) is 5.75 Å². The number of para-hydroxylation sites is 2. The lowest BCUT2D eigenvalue weighted by atomic mass is 10.2. The van der Waals surface area contributed by atoms with Crippen LogP contribution in [0.25, 0.3) is 0 Å². The summed E-state index contributed by atoms with van der Waals surface area (Å²) in [6, 6.07) is 13.2. The molecule has 5 heteroatoms. The molecule has 0 spiro atoms. The summed E-state index contributed by atoms with van der Waals surface area (Å²) >= 11 is 5.69. The SMILES string of the molecule is COc1ccccc1N(Cc1ccc(F)cc1)C(=O)CCl. The fourth-order valence-corrected chi connectivity index (χ4v) is 2.15. The second-order valence-electron chi connectivity index (χ2n) is 4.41. The van der Waals surface area contributed by atoms with Crippen molar-refractivity contribution in [2.45, 2.75) is 6.54 Å². The zero-order valence-electron chi connectivity index (χ0n) is 11.6. The van der Waals surface area contributed by atoms with Crippen LogP contribution < -0.4 is 9.64 Å². The van der Waals surface area contributed by atoms with E-state index in [9.17, 15) is 9.18 Å². The van der Waals surface area contributed by atoms with Gasteiger partial charge in [0.1, 0.15) is 17.4 Å². The van der Waals surface area contributed by atoms with Crippen LogP contribution in [0.3, 0.4) is 0 Å². The summed E-state index contributed by atoms with van der Waals surface area (Å²) in [7, 11) is 1.54. The molecule has 2 aromatic rings. The smallest absolute Gasteiger partial charge is 0.242 e. The first-order chi connectivity index (χ1) is 10.2. The fourth-order valence-electron chi connectivity index (χ4n) is 2.00. The van der Waals surface area contributed by atoms with Crippen LogP contribution in [-0.2, 0) is 11.3 Å². The van der Waals surface area contributed by atoms with Crippen molar-refractivity contribution >= 4 is 23.2 Å². The van der Waals surface area contributed by atoms with E-state index < -0.39 is 0 Å². The summed E-state index contributed by atoms with van der Waals surface area (Å²) in [5.74, 6) is -0.117. The Morgan fingerprint density at radius 1 is 1.19 bits per heavy atom. The summed E-state index contributed by atoms with van der Waals surface area (Å²) in [5.41, 5.74) is 1.44. The molecule has 2 rings (SSSR count). The first kappa shape index (κ1) is 15.3. The number of anilines is 1. The van der Waals surface area contributed by atoms with Crippen LogP contribution >= 0.6 is 11.6 Å². The Hall–Kier alpha value is -2.07. The van der Waals surface area contributed by atoms with Crippen molar-refractivity contribution in [2.75, 3.05) is 17.9 Å². The van der Waals surface area contributed by atoms with Crippen LogP contribution in [-0.4, -0.2) is 18.9 Å². The van der Waals surface area contributed by atoms with Crippen molar-refractivity contribution in [1.29, 1.82) is 0 Å². The molecule has 0 unspecified atom stereocenters. The van der Waals surface area contributed by atoms with Crippen LogP contribution in [0.2, 0.25) is 0 Å².